The van der Waals surface area contributed by atoms with Crippen molar-refractivity contribution in [2.24, 2.45) is 0 Å². The maximum absolute atomic E-state index is 15.0. The summed E-state index contributed by atoms with van der Waals surface area (Å²) in [6.07, 6.45) is 0. The standard InChI is InChI=1S/C25H24FN3O12/c26-16-10-13(11-28-6-8-38-9-7-28)4-5-14(16)12-39-17-3-1-2-15-18(17)24(36)29(19(15)30)22(33)20(31)27-21(32)23(34,35)25(22,37)41-40-24/h1-5,10,33-37H,6-9,11-12H2,(H,27,31,32). The minimum atomic E-state index is -4.03. The molecule has 0 spiro atoms. The number of imide groups is 1. The highest BCUT2D eigenvalue weighted by molar-refractivity contribution is 6.10. The van der Waals surface area contributed by atoms with E-state index in [2.05, 4.69) is 9.79 Å². The SMILES string of the molecule is O=C1c2cccc(OCc3ccc(CN4CCOCC4)cc3F)c2C2(O)OOC3(O)C(O)(O)C(=O)NC(=O)C3(O)N12. The van der Waals surface area contributed by atoms with Crippen molar-refractivity contribution in [1.29, 1.82) is 0 Å². The van der Waals surface area contributed by atoms with Crippen molar-refractivity contribution in [2.45, 2.75) is 36.4 Å². The molecule has 0 aliphatic carbocycles. The van der Waals surface area contributed by atoms with E-state index in [0.717, 1.165) is 24.7 Å². The van der Waals surface area contributed by atoms with Gasteiger partial charge in [-0.2, -0.15) is 9.78 Å². The Morgan fingerprint density at radius 1 is 0.976 bits per heavy atom. The van der Waals surface area contributed by atoms with Gasteiger partial charge in [0.1, 0.15) is 18.2 Å². The largest absolute Gasteiger partial charge is 0.488 e. The summed E-state index contributed by atoms with van der Waals surface area (Å²) in [6, 6.07) is 8.30. The molecular weight excluding hydrogens is 553 g/mol. The molecule has 3 amide bonds. The molecule has 16 heteroatoms. The van der Waals surface area contributed by atoms with Gasteiger partial charge in [0.2, 0.25) is 0 Å². The molecular formula is C25H24FN3O12. The quantitative estimate of drug-likeness (QED) is 0.123. The second kappa shape index (κ2) is 9.21. The number of aliphatic hydroxyl groups is 5. The Labute approximate surface area is 229 Å². The molecule has 218 valence electrons. The summed E-state index contributed by atoms with van der Waals surface area (Å²) in [5.41, 5.74) is -3.90. The van der Waals surface area contributed by atoms with Gasteiger partial charge in [-0.25, -0.2) is 9.29 Å². The van der Waals surface area contributed by atoms with E-state index in [0.29, 0.717) is 19.8 Å². The Bertz CT molecular complexity index is 1470. The number of halogens is 1. The Morgan fingerprint density at radius 2 is 1.71 bits per heavy atom. The van der Waals surface area contributed by atoms with Gasteiger partial charge in [-0.3, -0.25) is 24.6 Å². The minimum absolute atomic E-state index is 0.117. The molecule has 0 bridgehead atoms. The highest BCUT2D eigenvalue weighted by Gasteiger charge is 2.84. The molecule has 4 aliphatic rings. The smallest absolute Gasteiger partial charge is 0.321 e. The number of carbonyl (C=O) groups is 3. The van der Waals surface area contributed by atoms with E-state index < -0.39 is 64.5 Å². The van der Waals surface area contributed by atoms with Crippen LogP contribution in [-0.4, -0.2) is 96.7 Å². The molecule has 2 aromatic carbocycles. The van der Waals surface area contributed by atoms with Gasteiger partial charge in [0.15, 0.2) is 0 Å². The second-order valence-corrected chi connectivity index (χ2v) is 9.97. The van der Waals surface area contributed by atoms with Crippen molar-refractivity contribution in [2.75, 3.05) is 26.3 Å². The molecule has 3 fully saturated rings. The van der Waals surface area contributed by atoms with E-state index in [-0.39, 0.29) is 16.2 Å². The Kier molecular flexibility index (Phi) is 6.20. The number of ether oxygens (including phenoxy) is 2. The van der Waals surface area contributed by atoms with Crippen LogP contribution in [0.1, 0.15) is 27.0 Å². The maximum Gasteiger partial charge on any atom is 0.321 e. The number of fused-ring (bicyclic) bond motifs is 5. The molecule has 0 radical (unpaired) electrons. The number of hydrogen-bond donors (Lipinski definition) is 6. The fourth-order valence-corrected chi connectivity index (χ4v) is 5.28. The van der Waals surface area contributed by atoms with Crippen LogP contribution in [0.4, 0.5) is 4.39 Å². The van der Waals surface area contributed by atoms with E-state index in [9.17, 15) is 44.3 Å². The first-order valence-corrected chi connectivity index (χ1v) is 12.4. The lowest BCUT2D eigenvalue weighted by Crippen LogP contribution is -2.90. The zero-order valence-corrected chi connectivity index (χ0v) is 21.1. The van der Waals surface area contributed by atoms with Crippen LogP contribution < -0.4 is 10.1 Å². The first-order chi connectivity index (χ1) is 19.3. The molecule has 3 saturated heterocycles. The fraction of sp³-hybridized carbons (Fsp3) is 0.400. The molecule has 3 unspecified atom stereocenters. The van der Waals surface area contributed by atoms with E-state index in [4.69, 9.17) is 14.4 Å². The molecule has 4 aliphatic heterocycles. The van der Waals surface area contributed by atoms with E-state index >= 15 is 0 Å². The number of piperidine rings is 1. The first-order valence-electron chi connectivity index (χ1n) is 12.4. The van der Waals surface area contributed by atoms with Gasteiger partial charge in [0, 0.05) is 25.2 Å². The highest BCUT2D eigenvalue weighted by atomic mass is 19.1. The summed E-state index contributed by atoms with van der Waals surface area (Å²) >= 11 is 0. The zero-order chi connectivity index (χ0) is 29.4. The summed E-state index contributed by atoms with van der Waals surface area (Å²) in [5.74, 6) is -17.2. The van der Waals surface area contributed by atoms with Gasteiger partial charge < -0.3 is 35.0 Å². The summed E-state index contributed by atoms with van der Waals surface area (Å²) in [7, 11) is 0. The molecule has 6 rings (SSSR count). The van der Waals surface area contributed by atoms with Gasteiger partial charge in [-0.05, 0) is 23.8 Å². The lowest BCUT2D eigenvalue weighted by Gasteiger charge is -2.56. The lowest BCUT2D eigenvalue weighted by molar-refractivity contribution is -0.620. The Hall–Kier alpha value is -3.58. The summed E-state index contributed by atoms with van der Waals surface area (Å²) in [6.45, 7) is 2.75. The molecule has 41 heavy (non-hydrogen) atoms. The van der Waals surface area contributed by atoms with Gasteiger partial charge in [0.05, 0.1) is 24.3 Å². The molecule has 0 aromatic heterocycles. The molecule has 4 heterocycles. The van der Waals surface area contributed by atoms with Crippen LogP contribution in [0, 0.1) is 5.82 Å². The van der Waals surface area contributed by atoms with Crippen molar-refractivity contribution in [3.8, 4) is 5.75 Å². The lowest BCUT2D eigenvalue weighted by atomic mass is 9.86. The van der Waals surface area contributed by atoms with Crippen LogP contribution in [0.2, 0.25) is 0 Å². The average Bonchev–Trinajstić information content (AvgIpc) is 3.18. The van der Waals surface area contributed by atoms with Crippen LogP contribution >= 0.6 is 0 Å². The fourth-order valence-electron chi connectivity index (χ4n) is 5.28. The Morgan fingerprint density at radius 3 is 2.41 bits per heavy atom. The number of morpholine rings is 1. The van der Waals surface area contributed by atoms with E-state index in [1.807, 2.05) is 0 Å². The van der Waals surface area contributed by atoms with Crippen LogP contribution in [0.5, 0.6) is 5.75 Å². The van der Waals surface area contributed by atoms with E-state index in [1.165, 1.54) is 29.6 Å². The van der Waals surface area contributed by atoms with Gasteiger partial charge in [-0.1, -0.05) is 18.2 Å². The monoisotopic (exact) mass is 577 g/mol. The highest BCUT2D eigenvalue weighted by Crippen LogP contribution is 2.55. The van der Waals surface area contributed by atoms with E-state index in [1.54, 1.807) is 6.07 Å². The molecule has 3 atom stereocenters. The third-order valence-corrected chi connectivity index (χ3v) is 7.51. The molecule has 6 N–H and O–H groups in total. The van der Waals surface area contributed by atoms with Gasteiger partial charge in [-0.15, -0.1) is 0 Å². The number of carbonyl (C=O) groups excluding carboxylic acids is 3. The second-order valence-electron chi connectivity index (χ2n) is 9.97. The maximum atomic E-state index is 15.0. The first kappa shape index (κ1) is 27.6. The minimum Gasteiger partial charge on any atom is -0.488 e. The average molecular weight is 577 g/mol. The topological polar surface area (TPSA) is 208 Å². The van der Waals surface area contributed by atoms with Crippen molar-refractivity contribution >= 4 is 17.7 Å². The predicted molar refractivity (Wildman–Crippen MR) is 126 cm³/mol. The van der Waals surface area contributed by atoms with Crippen LogP contribution in [-0.2, 0) is 43.2 Å². The van der Waals surface area contributed by atoms with Gasteiger partial charge in [0.25, 0.3) is 23.4 Å². The van der Waals surface area contributed by atoms with Gasteiger partial charge >= 0.3 is 17.5 Å². The van der Waals surface area contributed by atoms with Crippen molar-refractivity contribution < 1.29 is 63.6 Å². The zero-order valence-electron chi connectivity index (χ0n) is 21.1. The Balaban J connectivity index is 1.29. The number of nitrogens with one attached hydrogen (secondary N) is 1. The number of amides is 3. The van der Waals surface area contributed by atoms with Crippen molar-refractivity contribution in [3.63, 3.8) is 0 Å². The van der Waals surface area contributed by atoms with Crippen LogP contribution in [0.3, 0.4) is 0 Å². The summed E-state index contributed by atoms with van der Waals surface area (Å²) < 4.78 is 26.0. The third kappa shape index (κ3) is 3.74. The summed E-state index contributed by atoms with van der Waals surface area (Å²) in [5, 5.41) is 55.2. The molecule has 2 aromatic rings. The number of benzene rings is 2. The normalized spacial score (nSPS) is 30.9. The van der Waals surface area contributed by atoms with Crippen LogP contribution in [0.15, 0.2) is 36.4 Å². The predicted octanol–water partition coefficient (Wildman–Crippen LogP) is -2.53. The third-order valence-electron chi connectivity index (χ3n) is 7.51. The van der Waals surface area contributed by atoms with Crippen molar-refractivity contribution in [1.82, 2.24) is 15.1 Å². The molecule has 0 saturated carbocycles. The van der Waals surface area contributed by atoms with Crippen molar-refractivity contribution in [3.05, 3.63) is 64.5 Å². The molecule has 15 nitrogen and oxygen atoms in total. The number of rotatable bonds is 5. The number of hydrogen-bond acceptors (Lipinski definition) is 13. The number of nitrogens with zero attached hydrogens (tertiary/aromatic N) is 2. The summed E-state index contributed by atoms with van der Waals surface area (Å²) in [4.78, 5) is 49.4. The van der Waals surface area contributed by atoms with Crippen LogP contribution in [0.25, 0.3) is 0 Å².